The molecule has 4 aromatic rings. The number of fused-ring (bicyclic) bond motifs is 1. The van der Waals surface area contributed by atoms with E-state index < -0.39 is 6.36 Å². The first kappa shape index (κ1) is 16.1. The minimum atomic E-state index is -4.75. The average molecular weight is 356 g/mol. The molecule has 3 heterocycles. The van der Waals surface area contributed by atoms with Crippen molar-refractivity contribution in [2.45, 2.75) is 6.36 Å². The molecule has 0 atom stereocenters. The molecule has 0 radical (unpaired) electrons. The number of halogens is 3. The summed E-state index contributed by atoms with van der Waals surface area (Å²) >= 11 is 0. The normalized spacial score (nSPS) is 11.7. The van der Waals surface area contributed by atoms with Crippen molar-refractivity contribution >= 4 is 5.65 Å². The maximum atomic E-state index is 12.4. The fourth-order valence-electron chi connectivity index (χ4n) is 2.62. The van der Waals surface area contributed by atoms with Crippen LogP contribution in [0.3, 0.4) is 0 Å². The van der Waals surface area contributed by atoms with Crippen LogP contribution in [0, 0.1) is 0 Å². The van der Waals surface area contributed by atoms with Gasteiger partial charge in [-0.2, -0.15) is 0 Å². The lowest BCUT2D eigenvalue weighted by Crippen LogP contribution is -2.17. The average Bonchev–Trinajstić information content (AvgIpc) is 3.04. The number of ether oxygens (including phenoxy) is 1. The molecule has 0 aliphatic heterocycles. The van der Waals surface area contributed by atoms with Gasteiger partial charge < -0.3 is 4.74 Å². The SMILES string of the molecule is FC(F)(F)Oc1cccc(-c2nnc3ccc(-c4cccnc4)cn23)c1. The monoisotopic (exact) mass is 356 g/mol. The van der Waals surface area contributed by atoms with E-state index in [2.05, 4.69) is 19.9 Å². The molecule has 3 aromatic heterocycles. The third-order valence-corrected chi connectivity index (χ3v) is 3.72. The van der Waals surface area contributed by atoms with Gasteiger partial charge in [0.05, 0.1) is 0 Å². The zero-order valence-electron chi connectivity index (χ0n) is 13.2. The quantitative estimate of drug-likeness (QED) is 0.547. The Balaban J connectivity index is 1.79. The zero-order valence-corrected chi connectivity index (χ0v) is 13.2. The largest absolute Gasteiger partial charge is 0.573 e. The molecular formula is C18H11F3N4O. The Morgan fingerprint density at radius 1 is 0.885 bits per heavy atom. The summed E-state index contributed by atoms with van der Waals surface area (Å²) in [6.07, 6.45) is 0.472. The lowest BCUT2D eigenvalue weighted by atomic mass is 10.1. The summed E-state index contributed by atoms with van der Waals surface area (Å²) in [5.74, 6) is 0.105. The molecule has 0 amide bonds. The first-order valence-electron chi connectivity index (χ1n) is 7.61. The summed E-state index contributed by atoms with van der Waals surface area (Å²) in [5, 5.41) is 8.17. The van der Waals surface area contributed by atoms with Gasteiger partial charge in [0.2, 0.25) is 0 Å². The van der Waals surface area contributed by atoms with Crippen LogP contribution in [0.25, 0.3) is 28.2 Å². The van der Waals surface area contributed by atoms with Crippen LogP contribution in [0.4, 0.5) is 13.2 Å². The third kappa shape index (κ3) is 3.21. The lowest BCUT2D eigenvalue weighted by Gasteiger charge is -2.09. The van der Waals surface area contributed by atoms with Crippen LogP contribution in [0.5, 0.6) is 5.75 Å². The van der Waals surface area contributed by atoms with Crippen molar-refractivity contribution in [1.29, 1.82) is 0 Å². The molecule has 0 saturated carbocycles. The van der Waals surface area contributed by atoms with Crippen LogP contribution >= 0.6 is 0 Å². The van der Waals surface area contributed by atoms with Gasteiger partial charge in [0.1, 0.15) is 5.75 Å². The maximum absolute atomic E-state index is 12.4. The molecule has 0 unspecified atom stereocenters. The van der Waals surface area contributed by atoms with Gasteiger partial charge in [-0.05, 0) is 30.3 Å². The highest BCUT2D eigenvalue weighted by atomic mass is 19.4. The van der Waals surface area contributed by atoms with Crippen molar-refractivity contribution in [1.82, 2.24) is 19.6 Å². The standard InChI is InChI=1S/C18H11F3N4O/c19-18(20,21)26-15-5-1-3-12(9-15)17-24-23-16-7-6-14(11-25(16)17)13-4-2-8-22-10-13/h1-11H. The van der Waals surface area contributed by atoms with E-state index in [1.807, 2.05) is 24.4 Å². The van der Waals surface area contributed by atoms with Crippen LogP contribution in [-0.4, -0.2) is 25.9 Å². The number of aromatic nitrogens is 4. The summed E-state index contributed by atoms with van der Waals surface area (Å²) < 4.78 is 43.0. The zero-order chi connectivity index (χ0) is 18.1. The van der Waals surface area contributed by atoms with Gasteiger partial charge in [-0.25, -0.2) is 0 Å². The molecule has 5 nitrogen and oxygen atoms in total. The number of rotatable bonds is 3. The fraction of sp³-hybridized carbons (Fsp3) is 0.0556. The highest BCUT2D eigenvalue weighted by Gasteiger charge is 2.31. The Bertz CT molecular complexity index is 1060. The van der Waals surface area contributed by atoms with Gasteiger partial charge in [-0.15, -0.1) is 23.4 Å². The third-order valence-electron chi connectivity index (χ3n) is 3.72. The highest BCUT2D eigenvalue weighted by Crippen LogP contribution is 2.28. The molecular weight excluding hydrogens is 345 g/mol. The minimum Gasteiger partial charge on any atom is -0.406 e. The second-order valence-electron chi connectivity index (χ2n) is 5.49. The van der Waals surface area contributed by atoms with Gasteiger partial charge in [0.15, 0.2) is 11.5 Å². The minimum absolute atomic E-state index is 0.310. The second-order valence-corrected chi connectivity index (χ2v) is 5.49. The second kappa shape index (κ2) is 6.14. The van der Waals surface area contributed by atoms with Crippen LogP contribution in [-0.2, 0) is 0 Å². The van der Waals surface area contributed by atoms with Gasteiger partial charge >= 0.3 is 6.36 Å². The van der Waals surface area contributed by atoms with Crippen molar-refractivity contribution < 1.29 is 17.9 Å². The molecule has 4 rings (SSSR count). The summed E-state index contributed by atoms with van der Waals surface area (Å²) in [4.78, 5) is 4.09. The Labute approximate surface area is 145 Å². The molecule has 0 spiro atoms. The first-order valence-corrected chi connectivity index (χ1v) is 7.61. The summed E-state index contributed by atoms with van der Waals surface area (Å²) in [5.41, 5.74) is 2.83. The first-order chi connectivity index (χ1) is 12.5. The molecule has 0 N–H and O–H groups in total. The van der Waals surface area contributed by atoms with E-state index in [0.717, 1.165) is 11.1 Å². The Kier molecular flexibility index (Phi) is 3.80. The van der Waals surface area contributed by atoms with Crippen molar-refractivity contribution in [2.75, 3.05) is 0 Å². The van der Waals surface area contributed by atoms with Crippen molar-refractivity contribution in [3.05, 3.63) is 67.1 Å². The Morgan fingerprint density at radius 3 is 2.50 bits per heavy atom. The maximum Gasteiger partial charge on any atom is 0.573 e. The van der Waals surface area contributed by atoms with E-state index in [1.165, 1.54) is 18.2 Å². The Morgan fingerprint density at radius 2 is 1.73 bits per heavy atom. The predicted molar refractivity (Wildman–Crippen MR) is 88.3 cm³/mol. The van der Waals surface area contributed by atoms with Gasteiger partial charge in [-0.1, -0.05) is 18.2 Å². The van der Waals surface area contributed by atoms with Crippen LogP contribution in [0.1, 0.15) is 0 Å². The summed E-state index contributed by atoms with van der Waals surface area (Å²) in [7, 11) is 0. The van der Waals surface area contributed by atoms with Crippen molar-refractivity contribution in [2.24, 2.45) is 0 Å². The van der Waals surface area contributed by atoms with E-state index >= 15 is 0 Å². The van der Waals surface area contributed by atoms with Crippen LogP contribution in [0.15, 0.2) is 67.1 Å². The molecule has 0 saturated heterocycles. The number of hydrogen-bond donors (Lipinski definition) is 0. The number of alkyl halides is 3. The van der Waals surface area contributed by atoms with E-state index in [9.17, 15) is 13.2 Å². The summed E-state index contributed by atoms with van der Waals surface area (Å²) in [6, 6.07) is 13.0. The van der Waals surface area contributed by atoms with E-state index in [1.54, 1.807) is 28.9 Å². The van der Waals surface area contributed by atoms with Crippen molar-refractivity contribution in [3.8, 4) is 28.3 Å². The van der Waals surface area contributed by atoms with Crippen LogP contribution < -0.4 is 4.74 Å². The van der Waals surface area contributed by atoms with E-state index in [0.29, 0.717) is 17.0 Å². The molecule has 0 aliphatic rings. The Hall–Kier alpha value is -3.42. The van der Waals surface area contributed by atoms with Crippen molar-refractivity contribution in [3.63, 3.8) is 0 Å². The number of nitrogens with zero attached hydrogens (tertiary/aromatic N) is 4. The summed E-state index contributed by atoms with van der Waals surface area (Å²) in [6.45, 7) is 0. The molecule has 1 aromatic carbocycles. The highest BCUT2D eigenvalue weighted by molar-refractivity contribution is 5.67. The van der Waals surface area contributed by atoms with Gasteiger partial charge in [-0.3, -0.25) is 9.38 Å². The molecule has 0 fully saturated rings. The fourth-order valence-corrected chi connectivity index (χ4v) is 2.62. The topological polar surface area (TPSA) is 52.3 Å². The molecule has 0 bridgehead atoms. The molecule has 26 heavy (non-hydrogen) atoms. The number of pyridine rings is 2. The smallest absolute Gasteiger partial charge is 0.406 e. The van der Waals surface area contributed by atoms with Gasteiger partial charge in [0, 0.05) is 35.3 Å². The molecule has 0 aliphatic carbocycles. The molecule has 8 heteroatoms. The van der Waals surface area contributed by atoms with Crippen LogP contribution in [0.2, 0.25) is 0 Å². The van der Waals surface area contributed by atoms with E-state index in [4.69, 9.17) is 0 Å². The number of benzene rings is 1. The number of hydrogen-bond acceptors (Lipinski definition) is 4. The lowest BCUT2D eigenvalue weighted by molar-refractivity contribution is -0.274. The van der Waals surface area contributed by atoms with E-state index in [-0.39, 0.29) is 5.75 Å². The predicted octanol–water partition coefficient (Wildman–Crippen LogP) is 4.36. The molecule has 130 valence electrons. The van der Waals surface area contributed by atoms with Gasteiger partial charge in [0.25, 0.3) is 0 Å².